The van der Waals surface area contributed by atoms with Crippen molar-refractivity contribution < 1.29 is 4.79 Å². The van der Waals surface area contributed by atoms with E-state index in [0.717, 1.165) is 15.5 Å². The second-order valence-electron chi connectivity index (χ2n) is 3.34. The summed E-state index contributed by atoms with van der Waals surface area (Å²) in [6, 6.07) is 11.3. The van der Waals surface area contributed by atoms with Crippen LogP contribution in [0.3, 0.4) is 0 Å². The molecule has 0 bridgehead atoms. The number of anilines is 1. The maximum Gasteiger partial charge on any atom is 0.197 e. The second kappa shape index (κ2) is 5.70. The van der Waals surface area contributed by atoms with E-state index >= 15 is 0 Å². The van der Waals surface area contributed by atoms with Crippen LogP contribution in [0.15, 0.2) is 58.9 Å². The summed E-state index contributed by atoms with van der Waals surface area (Å²) in [6.45, 7) is 0. The van der Waals surface area contributed by atoms with E-state index in [1.807, 2.05) is 41.8 Å². The number of thiophene rings is 1. The molecule has 17 heavy (non-hydrogen) atoms. The third kappa shape index (κ3) is 3.22. The van der Waals surface area contributed by atoms with Crippen molar-refractivity contribution in [1.29, 1.82) is 0 Å². The Balaban J connectivity index is 1.99. The zero-order chi connectivity index (χ0) is 12.1. The van der Waals surface area contributed by atoms with E-state index in [9.17, 15) is 4.79 Å². The fourth-order valence-electron chi connectivity index (χ4n) is 1.30. The lowest BCUT2D eigenvalue weighted by atomic mass is 10.3. The zero-order valence-corrected chi connectivity index (χ0v) is 10.7. The Morgan fingerprint density at radius 3 is 2.76 bits per heavy atom. The van der Waals surface area contributed by atoms with Crippen molar-refractivity contribution in [1.82, 2.24) is 0 Å². The number of nitrogens with one attached hydrogen (secondary N) is 1. The van der Waals surface area contributed by atoms with Gasteiger partial charge in [0.25, 0.3) is 0 Å². The number of carbonyl (C=O) groups excluding carboxylic acids is 1. The molecular formula is C13H11NOS2. The van der Waals surface area contributed by atoms with Gasteiger partial charge in [-0.3, -0.25) is 4.79 Å². The molecule has 2 aromatic rings. The van der Waals surface area contributed by atoms with Gasteiger partial charge in [-0.15, -0.1) is 24.0 Å². The molecule has 1 N–H and O–H groups in total. The number of para-hydroxylation sites is 1. The summed E-state index contributed by atoms with van der Waals surface area (Å²) in [5.41, 5.74) is 0.881. The predicted molar refractivity (Wildman–Crippen MR) is 75.1 cm³/mol. The first-order chi connectivity index (χ1) is 8.27. The standard InChI is InChI=1S/C13H11NOS2/c15-11(13-6-3-9-17-13)7-8-14-10-4-1-2-5-12(10)16/h1-9,14,16H/b8-7+. The van der Waals surface area contributed by atoms with E-state index in [1.165, 1.54) is 17.4 Å². The summed E-state index contributed by atoms with van der Waals surface area (Å²) >= 11 is 5.74. The van der Waals surface area contributed by atoms with Crippen LogP contribution in [0.1, 0.15) is 9.67 Å². The molecule has 1 heterocycles. The Hall–Kier alpha value is -1.52. The number of thiol groups is 1. The largest absolute Gasteiger partial charge is 0.361 e. The molecule has 1 aromatic heterocycles. The molecule has 0 radical (unpaired) electrons. The Kier molecular flexibility index (Phi) is 4.01. The van der Waals surface area contributed by atoms with Crippen LogP contribution >= 0.6 is 24.0 Å². The number of hydrogen-bond acceptors (Lipinski definition) is 4. The fourth-order valence-corrected chi connectivity index (χ4v) is 2.17. The van der Waals surface area contributed by atoms with Gasteiger partial charge in [0.05, 0.1) is 10.6 Å². The summed E-state index contributed by atoms with van der Waals surface area (Å²) in [7, 11) is 0. The second-order valence-corrected chi connectivity index (χ2v) is 4.77. The summed E-state index contributed by atoms with van der Waals surface area (Å²) in [5, 5.41) is 4.92. The van der Waals surface area contributed by atoms with E-state index in [0.29, 0.717) is 0 Å². The molecule has 0 unspecified atom stereocenters. The van der Waals surface area contributed by atoms with Crippen LogP contribution in [0, 0.1) is 0 Å². The molecule has 0 spiro atoms. The SMILES string of the molecule is O=C(/C=C/Nc1ccccc1S)c1cccs1. The van der Waals surface area contributed by atoms with Crippen molar-refractivity contribution in [3.05, 3.63) is 58.9 Å². The average Bonchev–Trinajstić information content (AvgIpc) is 2.85. The smallest absolute Gasteiger partial charge is 0.197 e. The number of allylic oxidation sites excluding steroid dienone is 1. The van der Waals surface area contributed by atoms with Gasteiger partial charge in [-0.25, -0.2) is 0 Å². The fraction of sp³-hybridized carbons (Fsp3) is 0. The van der Waals surface area contributed by atoms with Crippen LogP contribution in [0.4, 0.5) is 5.69 Å². The molecule has 86 valence electrons. The van der Waals surface area contributed by atoms with E-state index < -0.39 is 0 Å². The maximum atomic E-state index is 11.6. The molecule has 4 heteroatoms. The highest BCUT2D eigenvalue weighted by molar-refractivity contribution is 7.80. The minimum absolute atomic E-state index is 0.00384. The highest BCUT2D eigenvalue weighted by Gasteiger charge is 2.01. The van der Waals surface area contributed by atoms with Gasteiger partial charge in [0.15, 0.2) is 5.78 Å². The first-order valence-corrected chi connectivity index (χ1v) is 6.39. The molecule has 0 aliphatic carbocycles. The van der Waals surface area contributed by atoms with Gasteiger partial charge >= 0.3 is 0 Å². The number of rotatable bonds is 4. The molecule has 0 aliphatic rings. The van der Waals surface area contributed by atoms with Gasteiger partial charge in [-0.2, -0.15) is 0 Å². The zero-order valence-electron chi connectivity index (χ0n) is 8.96. The summed E-state index contributed by atoms with van der Waals surface area (Å²) in [5.74, 6) is 0.00384. The lowest BCUT2D eigenvalue weighted by Crippen LogP contribution is -1.93. The third-order valence-electron chi connectivity index (χ3n) is 2.14. The van der Waals surface area contributed by atoms with Crippen LogP contribution in [-0.2, 0) is 0 Å². The van der Waals surface area contributed by atoms with Gasteiger partial charge in [0.1, 0.15) is 0 Å². The maximum absolute atomic E-state index is 11.6. The third-order valence-corrected chi connectivity index (χ3v) is 3.42. The first-order valence-electron chi connectivity index (χ1n) is 5.06. The van der Waals surface area contributed by atoms with Crippen molar-refractivity contribution in [2.24, 2.45) is 0 Å². The highest BCUT2D eigenvalue weighted by atomic mass is 32.1. The lowest BCUT2D eigenvalue weighted by molar-refractivity contribution is 0.105. The van der Waals surface area contributed by atoms with E-state index in [-0.39, 0.29) is 5.78 Å². The summed E-state index contributed by atoms with van der Waals surface area (Å²) < 4.78 is 0. The number of hydrogen-bond donors (Lipinski definition) is 2. The summed E-state index contributed by atoms with van der Waals surface area (Å²) in [4.78, 5) is 13.2. The Labute approximate surface area is 109 Å². The van der Waals surface area contributed by atoms with E-state index in [2.05, 4.69) is 17.9 Å². The van der Waals surface area contributed by atoms with Crippen LogP contribution < -0.4 is 5.32 Å². The van der Waals surface area contributed by atoms with E-state index in [1.54, 1.807) is 6.20 Å². The van der Waals surface area contributed by atoms with Crippen molar-refractivity contribution in [3.63, 3.8) is 0 Å². The van der Waals surface area contributed by atoms with Gasteiger partial charge < -0.3 is 5.32 Å². The molecule has 0 amide bonds. The molecule has 2 rings (SSSR count). The van der Waals surface area contributed by atoms with Crippen molar-refractivity contribution >= 4 is 35.4 Å². The van der Waals surface area contributed by atoms with Crippen LogP contribution in [0.5, 0.6) is 0 Å². The number of carbonyl (C=O) groups is 1. The molecule has 0 saturated heterocycles. The Morgan fingerprint density at radius 2 is 2.06 bits per heavy atom. The molecule has 2 nitrogen and oxygen atoms in total. The van der Waals surface area contributed by atoms with Crippen molar-refractivity contribution in [2.75, 3.05) is 5.32 Å². The minimum atomic E-state index is 0.00384. The number of benzene rings is 1. The normalized spacial score (nSPS) is 10.6. The molecule has 1 aromatic carbocycles. The van der Waals surface area contributed by atoms with Gasteiger partial charge in [-0.05, 0) is 23.6 Å². The van der Waals surface area contributed by atoms with Crippen molar-refractivity contribution in [2.45, 2.75) is 4.90 Å². The monoisotopic (exact) mass is 261 g/mol. The van der Waals surface area contributed by atoms with Gasteiger partial charge in [0, 0.05) is 17.2 Å². The Morgan fingerprint density at radius 1 is 1.24 bits per heavy atom. The van der Waals surface area contributed by atoms with Crippen LogP contribution in [-0.4, -0.2) is 5.78 Å². The molecular weight excluding hydrogens is 250 g/mol. The number of ketones is 1. The molecule has 0 aliphatic heterocycles. The molecule has 0 saturated carbocycles. The average molecular weight is 261 g/mol. The Bertz CT molecular complexity index is 532. The highest BCUT2D eigenvalue weighted by Crippen LogP contribution is 2.18. The van der Waals surface area contributed by atoms with Crippen molar-refractivity contribution in [3.8, 4) is 0 Å². The topological polar surface area (TPSA) is 29.1 Å². The quantitative estimate of drug-likeness (QED) is 0.497. The molecule has 0 atom stereocenters. The van der Waals surface area contributed by atoms with E-state index in [4.69, 9.17) is 0 Å². The summed E-state index contributed by atoms with van der Waals surface area (Å²) in [6.07, 6.45) is 3.16. The minimum Gasteiger partial charge on any atom is -0.361 e. The van der Waals surface area contributed by atoms with Crippen LogP contribution in [0.2, 0.25) is 0 Å². The van der Waals surface area contributed by atoms with Gasteiger partial charge in [-0.1, -0.05) is 18.2 Å². The predicted octanol–water partition coefficient (Wildman–Crippen LogP) is 3.85. The lowest BCUT2D eigenvalue weighted by Gasteiger charge is -2.02. The molecule has 0 fully saturated rings. The first kappa shape index (κ1) is 12.0. The van der Waals surface area contributed by atoms with Gasteiger partial charge in [0.2, 0.25) is 0 Å². The van der Waals surface area contributed by atoms with Crippen LogP contribution in [0.25, 0.3) is 0 Å².